The molecule has 0 radical (unpaired) electrons. The number of allylic oxidation sites excluding steroid dienone is 14. The maximum absolute atomic E-state index is 2.54. The van der Waals surface area contributed by atoms with Crippen LogP contribution in [0.25, 0.3) is 21.8 Å². The Morgan fingerprint density at radius 2 is 0.530 bits per heavy atom. The van der Waals surface area contributed by atoms with E-state index in [1.54, 1.807) is 87.1 Å². The molecule has 4 heteroatoms. The summed E-state index contributed by atoms with van der Waals surface area (Å²) in [6.07, 6.45) is 5.29. The average molecular weight is 941 g/mol. The molecule has 8 aliphatic rings. The van der Waals surface area contributed by atoms with Gasteiger partial charge in [0.2, 0.25) is 0 Å². The molecule has 8 aliphatic heterocycles. The van der Waals surface area contributed by atoms with E-state index >= 15 is 0 Å². The molecule has 0 aromatic heterocycles. The lowest BCUT2D eigenvalue weighted by Gasteiger charge is -2.34. The molecule has 8 bridgehead atoms. The van der Waals surface area contributed by atoms with E-state index in [0.29, 0.717) is 10.8 Å². The third kappa shape index (κ3) is 6.30. The van der Waals surface area contributed by atoms with Crippen molar-refractivity contribution >= 4 is 53.5 Å². The quantitative estimate of drug-likeness (QED) is 0.169. The molecule has 0 fully saturated rings. The zero-order chi connectivity index (χ0) is 44.8. The van der Waals surface area contributed by atoms with Crippen LogP contribution in [0.5, 0.6) is 0 Å². The van der Waals surface area contributed by atoms with E-state index in [1.165, 1.54) is 46.9 Å². The molecule has 0 saturated carbocycles. The molecular formula is C62H72P4. The lowest BCUT2D eigenvalue weighted by Crippen LogP contribution is -2.19. The molecule has 0 saturated heterocycles. The van der Waals surface area contributed by atoms with Gasteiger partial charge < -0.3 is 0 Å². The van der Waals surface area contributed by atoms with Crippen LogP contribution in [0.2, 0.25) is 0 Å². The first-order chi connectivity index (χ1) is 30.6. The Hall–Kier alpha value is -3.48. The molecule has 8 atom stereocenters. The van der Waals surface area contributed by atoms with Gasteiger partial charge >= 0.3 is 0 Å². The SMILES string of the molecule is C.C.CC1=C(C)[C@@]2(C)C[P@]1C(C1=C(C)[C@]3(C)C[P@@]1C(c1ccccc1)=C3c1ccccc1)=C2C.CC1=C(C)[C@]2(C)C[P@@]1C(C1=C(C)[C@@]3(C)C[P@]1C(c1ccccc1)=C3c1ccccc1)=C2C. The van der Waals surface area contributed by atoms with E-state index in [1.807, 2.05) is 0 Å². The van der Waals surface area contributed by atoms with Crippen molar-refractivity contribution in [3.05, 3.63) is 209 Å². The fourth-order valence-corrected chi connectivity index (χ4v) is 29.4. The molecule has 12 rings (SSSR count). The Balaban J connectivity index is 0.000000161. The van der Waals surface area contributed by atoms with Gasteiger partial charge in [0.1, 0.15) is 0 Å². The maximum Gasteiger partial charge on any atom is 0.0198 e. The number of hydrogen-bond donors (Lipinski definition) is 0. The molecule has 0 unspecified atom stereocenters. The zero-order valence-corrected chi connectivity index (χ0v) is 43.7. The minimum Gasteiger partial charge on any atom is -0.0776 e. The second-order valence-electron chi connectivity index (χ2n) is 20.9. The monoisotopic (exact) mass is 940 g/mol. The van der Waals surface area contributed by atoms with Crippen LogP contribution < -0.4 is 0 Å². The van der Waals surface area contributed by atoms with Crippen molar-refractivity contribution in [3.8, 4) is 0 Å². The van der Waals surface area contributed by atoms with Gasteiger partial charge in [0.05, 0.1) is 0 Å². The molecular weight excluding hydrogens is 869 g/mol. The van der Waals surface area contributed by atoms with Gasteiger partial charge in [-0.15, -0.1) is 0 Å². The van der Waals surface area contributed by atoms with Gasteiger partial charge in [-0.25, -0.2) is 0 Å². The van der Waals surface area contributed by atoms with E-state index in [2.05, 4.69) is 204 Å². The van der Waals surface area contributed by atoms with Crippen LogP contribution in [-0.4, -0.2) is 24.6 Å². The van der Waals surface area contributed by atoms with E-state index < -0.39 is 0 Å². The molecule has 0 aliphatic carbocycles. The first-order valence-corrected chi connectivity index (χ1v) is 29.7. The van der Waals surface area contributed by atoms with Gasteiger partial charge in [-0.2, -0.15) is 0 Å². The van der Waals surface area contributed by atoms with Gasteiger partial charge in [0.15, 0.2) is 0 Å². The number of benzene rings is 4. The number of fused-ring (bicyclic) bond motifs is 8. The fraction of sp³-hybridized carbons (Fsp3) is 0.355. The largest absolute Gasteiger partial charge is 0.0776 e. The standard InChI is InChI=1S/2C30H32P2.2CH4/c2*1-19-22(4)31-17-29(19,5)20(2)26(31)27-21(3)30(6)18-32(27)28(24-15-11-8-12-16-24)25(30)23-13-9-7-10-14-23;;/h2*7-16H,17-18H2,1-6H3;2*1H4/t2*29-,30+,31+,32-;;/m10../s1. The lowest BCUT2D eigenvalue weighted by molar-refractivity contribution is 0.561. The highest BCUT2D eigenvalue weighted by molar-refractivity contribution is 7.78. The fourth-order valence-electron chi connectivity index (χ4n) is 13.3. The van der Waals surface area contributed by atoms with E-state index in [9.17, 15) is 0 Å². The minimum atomic E-state index is -0.333. The van der Waals surface area contributed by atoms with Crippen molar-refractivity contribution in [2.45, 2.75) is 97.9 Å². The predicted octanol–water partition coefficient (Wildman–Crippen LogP) is 20.1. The van der Waals surface area contributed by atoms with E-state index in [4.69, 9.17) is 0 Å². The Labute approximate surface area is 404 Å². The van der Waals surface area contributed by atoms with Crippen molar-refractivity contribution in [2.75, 3.05) is 24.6 Å². The summed E-state index contributed by atoms with van der Waals surface area (Å²) in [6.45, 7) is 29.6. The molecule has 0 spiro atoms. The highest BCUT2D eigenvalue weighted by atomic mass is 31.1. The smallest absolute Gasteiger partial charge is 0.0198 e. The molecule has 0 amide bonds. The Morgan fingerprint density at radius 1 is 0.288 bits per heavy atom. The molecule has 4 aromatic rings. The second kappa shape index (κ2) is 16.6. The molecule has 8 heterocycles. The summed E-state index contributed by atoms with van der Waals surface area (Å²) >= 11 is 0. The Morgan fingerprint density at radius 3 is 0.818 bits per heavy atom. The normalized spacial score (nSPS) is 32.4. The topological polar surface area (TPSA) is 0 Å². The summed E-state index contributed by atoms with van der Waals surface area (Å²) in [5, 5.41) is 13.9. The second-order valence-corrected chi connectivity index (χ2v) is 29.6. The van der Waals surface area contributed by atoms with Crippen LogP contribution in [-0.2, 0) is 0 Å². The van der Waals surface area contributed by atoms with Crippen LogP contribution in [0.3, 0.4) is 0 Å². The first kappa shape index (κ1) is 47.6. The van der Waals surface area contributed by atoms with Gasteiger partial charge in [-0.05, 0) is 188 Å². The van der Waals surface area contributed by atoms with Crippen molar-refractivity contribution in [1.29, 1.82) is 0 Å². The van der Waals surface area contributed by atoms with Gasteiger partial charge in [-0.3, -0.25) is 0 Å². The highest BCUT2D eigenvalue weighted by Crippen LogP contribution is 2.87. The van der Waals surface area contributed by atoms with Crippen LogP contribution >= 0.6 is 31.7 Å². The first-order valence-electron chi connectivity index (χ1n) is 23.6. The van der Waals surface area contributed by atoms with Gasteiger partial charge in [0, 0.05) is 21.7 Å². The third-order valence-corrected chi connectivity index (χ3v) is 30.9. The summed E-state index contributed by atoms with van der Waals surface area (Å²) in [5.74, 6) is 0. The molecule has 66 heavy (non-hydrogen) atoms. The third-order valence-electron chi connectivity index (χ3n) is 18.0. The molecule has 0 nitrogen and oxygen atoms in total. The van der Waals surface area contributed by atoms with Crippen molar-refractivity contribution in [2.24, 2.45) is 21.7 Å². The molecule has 0 N–H and O–H groups in total. The molecule has 4 aromatic carbocycles. The highest BCUT2D eigenvalue weighted by Gasteiger charge is 2.59. The van der Waals surface area contributed by atoms with Crippen LogP contribution in [0.15, 0.2) is 187 Å². The number of hydrogen-bond acceptors (Lipinski definition) is 0. The predicted molar refractivity (Wildman–Crippen MR) is 300 cm³/mol. The van der Waals surface area contributed by atoms with E-state index in [-0.39, 0.29) is 57.4 Å². The van der Waals surface area contributed by atoms with E-state index in [0.717, 1.165) is 0 Å². The van der Waals surface area contributed by atoms with Crippen LogP contribution in [0.4, 0.5) is 0 Å². The summed E-state index contributed by atoms with van der Waals surface area (Å²) in [5.41, 5.74) is 19.8. The minimum absolute atomic E-state index is 0. The summed E-state index contributed by atoms with van der Waals surface area (Å²) in [7, 11) is -0.974. The summed E-state index contributed by atoms with van der Waals surface area (Å²) in [4.78, 5) is 0. The van der Waals surface area contributed by atoms with Crippen molar-refractivity contribution < 1.29 is 0 Å². The Bertz CT molecular complexity index is 2750. The summed E-state index contributed by atoms with van der Waals surface area (Å²) in [6, 6.07) is 45.0. The lowest BCUT2D eigenvalue weighted by atomic mass is 9.73. The van der Waals surface area contributed by atoms with Crippen molar-refractivity contribution in [1.82, 2.24) is 0 Å². The van der Waals surface area contributed by atoms with Gasteiger partial charge in [-0.1, -0.05) is 197 Å². The van der Waals surface area contributed by atoms with Crippen molar-refractivity contribution in [3.63, 3.8) is 0 Å². The number of rotatable bonds is 6. The van der Waals surface area contributed by atoms with Crippen LogP contribution in [0, 0.1) is 21.7 Å². The molecule has 340 valence electrons. The van der Waals surface area contributed by atoms with Gasteiger partial charge in [0.25, 0.3) is 0 Å². The average Bonchev–Trinajstić information content (AvgIpc) is 4.15. The zero-order valence-electron chi connectivity index (χ0n) is 40.2. The van der Waals surface area contributed by atoms with Crippen LogP contribution in [0.1, 0.15) is 120 Å². The Kier molecular flexibility index (Phi) is 12.0. The maximum atomic E-state index is 2.54. The summed E-state index contributed by atoms with van der Waals surface area (Å²) < 4.78 is 0.